The SMILES string of the molecule is CC.CO.Fc1ccc(-c2cc3cc(F)cc(F)c3[nH]2)cc1.O=C(C1CCC1)N1CCOCC1. The third-order valence-corrected chi connectivity index (χ3v) is 5.58. The molecule has 0 atom stereocenters. The summed E-state index contributed by atoms with van der Waals surface area (Å²) in [6.07, 6.45) is 3.45. The van der Waals surface area contributed by atoms with Gasteiger partial charge in [-0.1, -0.05) is 20.3 Å². The van der Waals surface area contributed by atoms with Gasteiger partial charge in [-0.15, -0.1) is 0 Å². The average molecular weight is 479 g/mol. The van der Waals surface area contributed by atoms with E-state index < -0.39 is 11.6 Å². The average Bonchev–Trinajstić information content (AvgIpc) is 3.26. The van der Waals surface area contributed by atoms with Crippen LogP contribution in [0, 0.1) is 23.4 Å². The number of hydrogen-bond donors (Lipinski definition) is 2. The van der Waals surface area contributed by atoms with Crippen molar-refractivity contribution in [1.82, 2.24) is 9.88 Å². The van der Waals surface area contributed by atoms with Crippen molar-refractivity contribution >= 4 is 16.8 Å². The van der Waals surface area contributed by atoms with Gasteiger partial charge in [0.15, 0.2) is 0 Å². The van der Waals surface area contributed by atoms with E-state index in [0.29, 0.717) is 28.5 Å². The number of carbonyl (C=O) groups excluding carboxylic acids is 1. The highest BCUT2D eigenvalue weighted by Gasteiger charge is 2.29. The first-order valence-electron chi connectivity index (χ1n) is 11.6. The summed E-state index contributed by atoms with van der Waals surface area (Å²) in [5.41, 5.74) is 1.58. The summed E-state index contributed by atoms with van der Waals surface area (Å²) in [6.45, 7) is 7.04. The molecule has 0 unspecified atom stereocenters. The van der Waals surface area contributed by atoms with E-state index in [4.69, 9.17) is 9.84 Å². The van der Waals surface area contributed by atoms with Crippen LogP contribution in [-0.2, 0) is 9.53 Å². The maximum absolute atomic E-state index is 13.5. The molecule has 5 rings (SSSR count). The molecule has 2 N–H and O–H groups in total. The lowest BCUT2D eigenvalue weighted by atomic mass is 9.84. The normalized spacial score (nSPS) is 15.1. The highest BCUT2D eigenvalue weighted by atomic mass is 19.1. The maximum atomic E-state index is 13.5. The molecule has 1 aliphatic heterocycles. The number of aromatic amines is 1. The second-order valence-corrected chi connectivity index (χ2v) is 7.61. The van der Waals surface area contributed by atoms with Crippen LogP contribution < -0.4 is 0 Å². The van der Waals surface area contributed by atoms with Crippen LogP contribution in [0.1, 0.15) is 33.1 Å². The van der Waals surface area contributed by atoms with Crippen molar-refractivity contribution in [2.75, 3.05) is 33.4 Å². The van der Waals surface area contributed by atoms with Crippen molar-refractivity contribution in [3.63, 3.8) is 0 Å². The largest absolute Gasteiger partial charge is 0.400 e. The molecule has 1 saturated heterocycles. The van der Waals surface area contributed by atoms with Gasteiger partial charge in [-0.05, 0) is 54.8 Å². The molecule has 8 heteroatoms. The molecule has 2 aliphatic rings. The number of ether oxygens (including phenoxy) is 1. The molecule has 5 nitrogen and oxygen atoms in total. The van der Waals surface area contributed by atoms with Crippen molar-refractivity contribution in [2.45, 2.75) is 33.1 Å². The summed E-state index contributed by atoms with van der Waals surface area (Å²) in [5, 5.41) is 7.45. The highest BCUT2D eigenvalue weighted by molar-refractivity contribution is 5.86. The number of fused-ring (bicyclic) bond motifs is 1. The molecule has 2 heterocycles. The Labute approximate surface area is 198 Å². The first-order chi connectivity index (χ1) is 16.5. The summed E-state index contributed by atoms with van der Waals surface area (Å²) < 4.78 is 44.6. The molecule has 34 heavy (non-hydrogen) atoms. The molecule has 1 saturated carbocycles. The number of nitrogens with one attached hydrogen (secondary N) is 1. The zero-order valence-corrected chi connectivity index (χ0v) is 19.9. The molecular formula is C26H33F3N2O3. The number of aliphatic hydroxyl groups is 1. The predicted molar refractivity (Wildman–Crippen MR) is 128 cm³/mol. The Morgan fingerprint density at radius 2 is 1.59 bits per heavy atom. The van der Waals surface area contributed by atoms with E-state index >= 15 is 0 Å². The van der Waals surface area contributed by atoms with Gasteiger partial charge >= 0.3 is 0 Å². The van der Waals surface area contributed by atoms with Crippen molar-refractivity contribution in [2.24, 2.45) is 5.92 Å². The van der Waals surface area contributed by atoms with Crippen LogP contribution in [0.2, 0.25) is 0 Å². The Bertz CT molecular complexity index is 1030. The van der Waals surface area contributed by atoms with E-state index in [1.165, 1.54) is 24.6 Å². The van der Waals surface area contributed by atoms with Gasteiger partial charge in [-0.3, -0.25) is 4.79 Å². The summed E-state index contributed by atoms with van der Waals surface area (Å²) in [5.74, 6) is -0.886. The molecule has 0 spiro atoms. The number of halogens is 3. The van der Waals surface area contributed by atoms with Crippen molar-refractivity contribution < 1.29 is 27.8 Å². The molecule has 3 aromatic rings. The number of H-pyrrole nitrogens is 1. The zero-order chi connectivity index (χ0) is 25.1. The monoisotopic (exact) mass is 478 g/mol. The molecular weight excluding hydrogens is 445 g/mol. The second-order valence-electron chi connectivity index (χ2n) is 7.61. The Hall–Kier alpha value is -2.84. The third-order valence-electron chi connectivity index (χ3n) is 5.58. The van der Waals surface area contributed by atoms with Gasteiger partial charge in [-0.2, -0.15) is 0 Å². The van der Waals surface area contributed by atoms with E-state index in [-0.39, 0.29) is 11.3 Å². The molecule has 1 amide bonds. The number of carbonyl (C=O) groups is 1. The fraction of sp³-hybridized carbons (Fsp3) is 0.423. The minimum absolute atomic E-state index is 0.246. The van der Waals surface area contributed by atoms with Gasteiger partial charge in [0.05, 0.1) is 18.7 Å². The Kier molecular flexibility index (Phi) is 11.1. The van der Waals surface area contributed by atoms with E-state index in [1.807, 2.05) is 18.7 Å². The minimum atomic E-state index is -0.640. The van der Waals surface area contributed by atoms with Gasteiger partial charge in [0.2, 0.25) is 5.91 Å². The lowest BCUT2D eigenvalue weighted by Crippen LogP contribution is -2.45. The Morgan fingerprint density at radius 3 is 2.15 bits per heavy atom. The van der Waals surface area contributed by atoms with E-state index in [1.54, 1.807) is 18.2 Å². The quantitative estimate of drug-likeness (QED) is 0.509. The van der Waals surface area contributed by atoms with Crippen molar-refractivity contribution in [1.29, 1.82) is 0 Å². The molecule has 1 aliphatic carbocycles. The predicted octanol–water partition coefficient (Wildman–Crippen LogP) is 5.53. The first kappa shape index (κ1) is 27.4. The lowest BCUT2D eigenvalue weighted by molar-refractivity contribution is -0.142. The van der Waals surface area contributed by atoms with Crippen molar-refractivity contribution in [3.8, 4) is 11.3 Å². The number of amides is 1. The van der Waals surface area contributed by atoms with Crippen LogP contribution in [0.25, 0.3) is 22.2 Å². The van der Waals surface area contributed by atoms with Crippen LogP contribution in [0.3, 0.4) is 0 Å². The lowest BCUT2D eigenvalue weighted by Gasteiger charge is -2.33. The smallest absolute Gasteiger partial charge is 0.225 e. The van der Waals surface area contributed by atoms with E-state index in [0.717, 1.165) is 52.3 Å². The number of benzene rings is 2. The summed E-state index contributed by atoms with van der Waals surface area (Å²) in [4.78, 5) is 16.5. The molecule has 0 bridgehead atoms. The zero-order valence-electron chi connectivity index (χ0n) is 19.9. The molecule has 2 aromatic carbocycles. The standard InChI is InChI=1S/C14H8F3N.C9H15NO2.C2H6.CH4O/c15-10-3-1-8(2-4-10)13-6-9-5-11(16)7-12(17)14(9)18-13;11-9(8-2-1-3-8)10-4-6-12-7-5-10;2*1-2/h1-7,18H;8H,1-7H2;1-2H3;2H,1H3. The van der Waals surface area contributed by atoms with Gasteiger partial charge in [0.1, 0.15) is 17.5 Å². The van der Waals surface area contributed by atoms with Gasteiger partial charge in [-0.25, -0.2) is 13.2 Å². The van der Waals surface area contributed by atoms with Gasteiger partial charge in [0.25, 0.3) is 0 Å². The van der Waals surface area contributed by atoms with Crippen LogP contribution in [-0.4, -0.2) is 54.3 Å². The molecule has 0 radical (unpaired) electrons. The first-order valence-corrected chi connectivity index (χ1v) is 11.6. The van der Waals surface area contributed by atoms with Gasteiger partial charge < -0.3 is 19.7 Å². The van der Waals surface area contributed by atoms with Crippen LogP contribution >= 0.6 is 0 Å². The fourth-order valence-corrected chi connectivity index (χ4v) is 3.65. The summed E-state index contributed by atoms with van der Waals surface area (Å²) in [6, 6.07) is 9.50. The number of aromatic nitrogens is 1. The van der Waals surface area contributed by atoms with Gasteiger partial charge in [0, 0.05) is 43.3 Å². The Morgan fingerprint density at radius 1 is 0.971 bits per heavy atom. The highest BCUT2D eigenvalue weighted by Crippen LogP contribution is 2.28. The van der Waals surface area contributed by atoms with Crippen molar-refractivity contribution in [3.05, 3.63) is 59.9 Å². The van der Waals surface area contributed by atoms with E-state index in [9.17, 15) is 18.0 Å². The minimum Gasteiger partial charge on any atom is -0.400 e. The third kappa shape index (κ3) is 7.08. The molecule has 1 aromatic heterocycles. The number of morpholine rings is 1. The fourth-order valence-electron chi connectivity index (χ4n) is 3.65. The van der Waals surface area contributed by atoms with Crippen LogP contribution in [0.4, 0.5) is 13.2 Å². The summed E-state index contributed by atoms with van der Waals surface area (Å²) in [7, 11) is 1.00. The maximum Gasteiger partial charge on any atom is 0.225 e. The number of rotatable bonds is 2. The molecule has 186 valence electrons. The Balaban J connectivity index is 0.000000222. The number of aliphatic hydroxyl groups excluding tert-OH is 1. The second kappa shape index (κ2) is 13.8. The number of nitrogens with zero attached hydrogens (tertiary/aromatic N) is 1. The molecule has 2 fully saturated rings. The van der Waals surface area contributed by atoms with E-state index in [2.05, 4.69) is 4.98 Å². The number of hydrogen-bond acceptors (Lipinski definition) is 3. The van der Waals surface area contributed by atoms with Crippen LogP contribution in [0.15, 0.2) is 42.5 Å². The topological polar surface area (TPSA) is 65.6 Å². The summed E-state index contributed by atoms with van der Waals surface area (Å²) >= 11 is 0. The van der Waals surface area contributed by atoms with Crippen LogP contribution in [0.5, 0.6) is 0 Å².